The standard InChI is InChI=1S/C25H28N2O6S/c1-5-27(6-2)34(29,30)20-15-16-22(31-3)21(17-20)25(28)26-18-11-13-19(14-12-18)33-24-10-8-7-9-23(24)32-4/h7-17H,5-6H2,1-4H3,(H,26,28). The first-order chi connectivity index (χ1) is 16.3. The molecule has 0 saturated heterocycles. The minimum absolute atomic E-state index is 0.0303. The molecular weight excluding hydrogens is 456 g/mol. The number of rotatable bonds is 10. The monoisotopic (exact) mass is 484 g/mol. The maximum absolute atomic E-state index is 13.0. The van der Waals surface area contributed by atoms with E-state index in [1.54, 1.807) is 57.4 Å². The molecule has 9 heteroatoms. The Morgan fingerprint density at radius 3 is 2.06 bits per heavy atom. The predicted octanol–water partition coefficient (Wildman–Crippen LogP) is 4.78. The van der Waals surface area contributed by atoms with Crippen molar-refractivity contribution in [1.82, 2.24) is 4.31 Å². The number of nitrogens with one attached hydrogen (secondary N) is 1. The van der Waals surface area contributed by atoms with Gasteiger partial charge in [0.1, 0.15) is 11.5 Å². The summed E-state index contributed by atoms with van der Waals surface area (Å²) in [6, 6.07) is 18.3. The number of ether oxygens (including phenoxy) is 3. The summed E-state index contributed by atoms with van der Waals surface area (Å²) >= 11 is 0. The summed E-state index contributed by atoms with van der Waals surface area (Å²) in [6.07, 6.45) is 0. The molecule has 0 heterocycles. The first kappa shape index (κ1) is 25.1. The predicted molar refractivity (Wildman–Crippen MR) is 131 cm³/mol. The van der Waals surface area contributed by atoms with E-state index in [2.05, 4.69) is 5.32 Å². The van der Waals surface area contributed by atoms with Crippen LogP contribution in [0.25, 0.3) is 0 Å². The number of hydrogen-bond acceptors (Lipinski definition) is 6. The second kappa shape index (κ2) is 11.0. The SMILES string of the molecule is CCN(CC)S(=O)(=O)c1ccc(OC)c(C(=O)Nc2ccc(Oc3ccccc3OC)cc2)c1. The fourth-order valence-electron chi connectivity index (χ4n) is 3.37. The maximum Gasteiger partial charge on any atom is 0.259 e. The number of sulfonamides is 1. The molecule has 1 N–H and O–H groups in total. The lowest BCUT2D eigenvalue weighted by Crippen LogP contribution is -2.30. The highest BCUT2D eigenvalue weighted by Crippen LogP contribution is 2.31. The molecule has 180 valence electrons. The molecule has 0 aliphatic carbocycles. The number of carbonyl (C=O) groups excluding carboxylic acids is 1. The molecule has 0 atom stereocenters. The lowest BCUT2D eigenvalue weighted by molar-refractivity contribution is 0.102. The molecule has 0 bridgehead atoms. The number of nitrogens with zero attached hydrogens (tertiary/aromatic N) is 1. The van der Waals surface area contributed by atoms with Gasteiger partial charge in [-0.2, -0.15) is 4.31 Å². The third-order valence-electron chi connectivity index (χ3n) is 5.17. The van der Waals surface area contributed by atoms with Crippen LogP contribution >= 0.6 is 0 Å². The Balaban J connectivity index is 1.81. The highest BCUT2D eigenvalue weighted by molar-refractivity contribution is 7.89. The van der Waals surface area contributed by atoms with Gasteiger partial charge in [-0.25, -0.2) is 8.42 Å². The van der Waals surface area contributed by atoms with Crippen molar-refractivity contribution in [2.24, 2.45) is 0 Å². The summed E-state index contributed by atoms with van der Waals surface area (Å²) in [7, 11) is -0.733. The van der Waals surface area contributed by atoms with Crippen molar-refractivity contribution in [2.75, 3.05) is 32.6 Å². The molecule has 3 aromatic rings. The Bertz CT molecular complexity index is 1240. The second-order valence-electron chi connectivity index (χ2n) is 7.18. The van der Waals surface area contributed by atoms with E-state index in [-0.39, 0.29) is 16.2 Å². The third-order valence-corrected chi connectivity index (χ3v) is 7.21. The first-order valence-electron chi connectivity index (χ1n) is 10.7. The van der Waals surface area contributed by atoms with E-state index < -0.39 is 15.9 Å². The number of benzene rings is 3. The van der Waals surface area contributed by atoms with Gasteiger partial charge in [-0.3, -0.25) is 4.79 Å². The van der Waals surface area contributed by atoms with Gasteiger partial charge in [0.05, 0.1) is 24.7 Å². The van der Waals surface area contributed by atoms with Crippen LogP contribution in [-0.2, 0) is 10.0 Å². The van der Waals surface area contributed by atoms with Gasteiger partial charge in [0, 0.05) is 18.8 Å². The van der Waals surface area contributed by atoms with Gasteiger partial charge in [-0.1, -0.05) is 26.0 Å². The summed E-state index contributed by atoms with van der Waals surface area (Å²) in [5, 5.41) is 2.77. The summed E-state index contributed by atoms with van der Waals surface area (Å²) < 4.78 is 43.5. The van der Waals surface area contributed by atoms with Crippen LogP contribution in [0.3, 0.4) is 0 Å². The van der Waals surface area contributed by atoms with Gasteiger partial charge in [-0.15, -0.1) is 0 Å². The van der Waals surface area contributed by atoms with Crippen molar-refractivity contribution in [1.29, 1.82) is 0 Å². The Labute approximate surface area is 200 Å². The highest BCUT2D eigenvalue weighted by atomic mass is 32.2. The molecule has 0 aromatic heterocycles. The summed E-state index contributed by atoms with van der Waals surface area (Å²) in [6.45, 7) is 4.18. The van der Waals surface area contributed by atoms with E-state index in [4.69, 9.17) is 14.2 Å². The van der Waals surface area contributed by atoms with E-state index in [0.29, 0.717) is 36.0 Å². The zero-order chi connectivity index (χ0) is 24.7. The van der Waals surface area contributed by atoms with Crippen LogP contribution in [-0.4, -0.2) is 45.9 Å². The van der Waals surface area contributed by atoms with Crippen molar-refractivity contribution in [3.63, 3.8) is 0 Å². The topological polar surface area (TPSA) is 94.2 Å². The molecule has 0 aliphatic heterocycles. The molecule has 0 saturated carbocycles. The molecule has 0 aliphatic rings. The van der Waals surface area contributed by atoms with Gasteiger partial charge in [-0.05, 0) is 54.6 Å². The van der Waals surface area contributed by atoms with Crippen molar-refractivity contribution in [3.05, 3.63) is 72.3 Å². The highest BCUT2D eigenvalue weighted by Gasteiger charge is 2.24. The second-order valence-corrected chi connectivity index (χ2v) is 9.12. The quantitative estimate of drug-likeness (QED) is 0.445. The molecule has 0 fully saturated rings. The van der Waals surface area contributed by atoms with Crippen LogP contribution < -0.4 is 19.5 Å². The zero-order valence-electron chi connectivity index (χ0n) is 19.6. The third kappa shape index (κ3) is 5.49. The number of methoxy groups -OCH3 is 2. The molecule has 1 amide bonds. The fraction of sp³-hybridized carbons (Fsp3) is 0.240. The number of carbonyl (C=O) groups is 1. The Morgan fingerprint density at radius 2 is 1.47 bits per heavy atom. The Morgan fingerprint density at radius 1 is 0.853 bits per heavy atom. The zero-order valence-corrected chi connectivity index (χ0v) is 20.4. The molecule has 34 heavy (non-hydrogen) atoms. The lowest BCUT2D eigenvalue weighted by atomic mass is 10.2. The smallest absolute Gasteiger partial charge is 0.259 e. The van der Waals surface area contributed by atoms with Crippen LogP contribution in [0.5, 0.6) is 23.0 Å². The van der Waals surface area contributed by atoms with Crippen molar-refractivity contribution >= 4 is 21.6 Å². The normalized spacial score (nSPS) is 11.2. The molecule has 0 radical (unpaired) electrons. The van der Waals surface area contributed by atoms with Crippen molar-refractivity contribution < 1.29 is 27.4 Å². The maximum atomic E-state index is 13.0. The first-order valence-corrected chi connectivity index (χ1v) is 12.2. The number of hydrogen-bond donors (Lipinski definition) is 1. The van der Waals surface area contributed by atoms with Gasteiger partial charge in [0.2, 0.25) is 10.0 Å². The van der Waals surface area contributed by atoms with Crippen LogP contribution in [0, 0.1) is 0 Å². The largest absolute Gasteiger partial charge is 0.496 e. The van der Waals surface area contributed by atoms with Gasteiger partial charge < -0.3 is 19.5 Å². The molecular formula is C25H28N2O6S. The van der Waals surface area contributed by atoms with Gasteiger partial charge >= 0.3 is 0 Å². The Kier molecular flexibility index (Phi) is 8.14. The molecule has 0 spiro atoms. The van der Waals surface area contributed by atoms with Crippen LogP contribution in [0.1, 0.15) is 24.2 Å². The van der Waals surface area contributed by atoms with E-state index in [1.807, 2.05) is 12.1 Å². The average Bonchev–Trinajstić information content (AvgIpc) is 2.85. The summed E-state index contributed by atoms with van der Waals surface area (Å²) in [5.74, 6) is 1.51. The number of amides is 1. The lowest BCUT2D eigenvalue weighted by Gasteiger charge is -2.19. The summed E-state index contributed by atoms with van der Waals surface area (Å²) in [5.41, 5.74) is 0.626. The van der Waals surface area contributed by atoms with Gasteiger partial charge in [0.15, 0.2) is 11.5 Å². The van der Waals surface area contributed by atoms with E-state index in [9.17, 15) is 13.2 Å². The van der Waals surface area contributed by atoms with E-state index in [0.717, 1.165) is 0 Å². The van der Waals surface area contributed by atoms with Crippen molar-refractivity contribution in [2.45, 2.75) is 18.7 Å². The molecule has 3 aromatic carbocycles. The minimum atomic E-state index is -3.73. The molecule has 8 nitrogen and oxygen atoms in total. The molecule has 0 unspecified atom stereocenters. The van der Waals surface area contributed by atoms with E-state index in [1.165, 1.54) is 29.6 Å². The van der Waals surface area contributed by atoms with Crippen LogP contribution in [0.15, 0.2) is 71.6 Å². The Hall–Kier alpha value is -3.56. The van der Waals surface area contributed by atoms with Gasteiger partial charge in [0.25, 0.3) is 5.91 Å². The number of para-hydroxylation sites is 2. The number of anilines is 1. The fourth-order valence-corrected chi connectivity index (χ4v) is 4.86. The van der Waals surface area contributed by atoms with E-state index >= 15 is 0 Å². The van der Waals surface area contributed by atoms with Crippen molar-refractivity contribution in [3.8, 4) is 23.0 Å². The summed E-state index contributed by atoms with van der Waals surface area (Å²) in [4.78, 5) is 13.0. The van der Waals surface area contributed by atoms with Crippen LogP contribution in [0.4, 0.5) is 5.69 Å². The molecule has 3 rings (SSSR count). The van der Waals surface area contributed by atoms with Crippen LogP contribution in [0.2, 0.25) is 0 Å². The minimum Gasteiger partial charge on any atom is -0.496 e. The average molecular weight is 485 g/mol.